The molecule has 4 heteroatoms. The molecule has 96 valence electrons. The fraction of sp³-hybridized carbons (Fsp3) is 0.500. The number of carbonyl (C=O) groups is 1. The van der Waals surface area contributed by atoms with Gasteiger partial charge in [-0.3, -0.25) is 0 Å². The van der Waals surface area contributed by atoms with Crippen LogP contribution in [0.1, 0.15) is 25.7 Å². The molecule has 1 aliphatic carbocycles. The highest BCUT2D eigenvalue weighted by molar-refractivity contribution is 5.78. The topological polar surface area (TPSA) is 47.6 Å². The van der Waals surface area contributed by atoms with Crippen molar-refractivity contribution in [1.82, 2.24) is 0 Å². The summed E-state index contributed by atoms with van der Waals surface area (Å²) in [5.74, 6) is 0.473. The summed E-state index contributed by atoms with van der Waals surface area (Å²) in [5, 5.41) is 3.19. The average Bonchev–Trinajstić information content (AvgIpc) is 2.91. The van der Waals surface area contributed by atoms with E-state index in [4.69, 9.17) is 9.47 Å². The van der Waals surface area contributed by atoms with E-state index in [0.717, 1.165) is 37.1 Å². The minimum absolute atomic E-state index is 0.0956. The Morgan fingerprint density at radius 1 is 1.28 bits per heavy atom. The maximum absolute atomic E-state index is 12.0. The second-order valence-corrected chi connectivity index (χ2v) is 4.83. The molecule has 4 nitrogen and oxygen atoms in total. The van der Waals surface area contributed by atoms with E-state index in [1.807, 2.05) is 24.3 Å². The van der Waals surface area contributed by atoms with Crippen molar-refractivity contribution in [3.63, 3.8) is 0 Å². The number of hydrogen-bond donors (Lipinski definition) is 1. The van der Waals surface area contributed by atoms with Crippen molar-refractivity contribution in [2.75, 3.05) is 11.9 Å². The van der Waals surface area contributed by atoms with E-state index >= 15 is 0 Å². The highest BCUT2D eigenvalue weighted by atomic mass is 16.6. The van der Waals surface area contributed by atoms with E-state index in [1.165, 1.54) is 0 Å². The number of fused-ring (bicyclic) bond motifs is 1. The quantitative estimate of drug-likeness (QED) is 0.815. The Hall–Kier alpha value is -1.71. The normalized spacial score (nSPS) is 22.8. The predicted molar refractivity (Wildman–Crippen MR) is 67.7 cm³/mol. The molecule has 0 spiro atoms. The van der Waals surface area contributed by atoms with Crippen LogP contribution in [0, 0.1) is 0 Å². The van der Waals surface area contributed by atoms with Gasteiger partial charge in [0.2, 0.25) is 6.10 Å². The van der Waals surface area contributed by atoms with Crippen molar-refractivity contribution in [3.05, 3.63) is 24.3 Å². The van der Waals surface area contributed by atoms with Gasteiger partial charge in [-0.05, 0) is 37.8 Å². The average molecular weight is 247 g/mol. The molecule has 0 aromatic heterocycles. The van der Waals surface area contributed by atoms with Crippen LogP contribution in [0.25, 0.3) is 0 Å². The van der Waals surface area contributed by atoms with Gasteiger partial charge in [0.05, 0.1) is 12.2 Å². The Balaban J connectivity index is 1.62. The third-order valence-electron chi connectivity index (χ3n) is 3.48. The number of anilines is 1. The first-order valence-corrected chi connectivity index (χ1v) is 6.53. The maximum atomic E-state index is 12.0. The molecule has 1 aliphatic heterocycles. The van der Waals surface area contributed by atoms with Crippen LogP contribution in [0.4, 0.5) is 5.69 Å². The Bertz CT molecular complexity index is 440. The maximum Gasteiger partial charge on any atom is 0.349 e. The SMILES string of the molecule is O=C(OC1CCCC1)C1CNc2ccccc2O1. The van der Waals surface area contributed by atoms with Gasteiger partial charge in [0.25, 0.3) is 0 Å². The van der Waals surface area contributed by atoms with Crippen molar-refractivity contribution in [2.24, 2.45) is 0 Å². The Morgan fingerprint density at radius 2 is 2.06 bits per heavy atom. The first-order valence-electron chi connectivity index (χ1n) is 6.53. The molecule has 1 fully saturated rings. The van der Waals surface area contributed by atoms with Crippen LogP contribution in [-0.4, -0.2) is 24.7 Å². The molecular formula is C14H17NO3. The third-order valence-corrected chi connectivity index (χ3v) is 3.48. The highest BCUT2D eigenvalue weighted by Gasteiger charge is 2.29. The molecule has 0 saturated heterocycles. The lowest BCUT2D eigenvalue weighted by Gasteiger charge is -2.26. The number of benzene rings is 1. The first-order chi connectivity index (χ1) is 8.83. The largest absolute Gasteiger partial charge is 0.475 e. The molecule has 18 heavy (non-hydrogen) atoms. The molecule has 0 bridgehead atoms. The van der Waals surface area contributed by atoms with E-state index < -0.39 is 6.10 Å². The molecule has 2 aliphatic rings. The predicted octanol–water partition coefficient (Wildman–Crippen LogP) is 2.35. The van der Waals surface area contributed by atoms with E-state index in [0.29, 0.717) is 6.54 Å². The number of para-hydroxylation sites is 2. The Kier molecular flexibility index (Phi) is 3.09. The monoisotopic (exact) mass is 247 g/mol. The molecule has 3 rings (SSSR count). The van der Waals surface area contributed by atoms with Gasteiger partial charge in [0, 0.05) is 0 Å². The molecule has 1 aromatic rings. The number of esters is 1. The summed E-state index contributed by atoms with van der Waals surface area (Å²) in [7, 11) is 0. The first kappa shape index (κ1) is 11.4. The summed E-state index contributed by atoms with van der Waals surface area (Å²) >= 11 is 0. The molecule has 1 unspecified atom stereocenters. The molecule has 0 radical (unpaired) electrons. The lowest BCUT2D eigenvalue weighted by molar-refractivity contribution is -0.156. The number of hydrogen-bond acceptors (Lipinski definition) is 4. The van der Waals surface area contributed by atoms with Crippen LogP contribution in [-0.2, 0) is 9.53 Å². The third kappa shape index (κ3) is 2.28. The summed E-state index contributed by atoms with van der Waals surface area (Å²) in [6.45, 7) is 0.475. The van der Waals surface area contributed by atoms with Crippen LogP contribution in [0.5, 0.6) is 5.75 Å². The van der Waals surface area contributed by atoms with E-state index in [-0.39, 0.29) is 12.1 Å². The number of nitrogens with one attached hydrogen (secondary N) is 1. The molecular weight excluding hydrogens is 230 g/mol. The number of rotatable bonds is 2. The number of ether oxygens (including phenoxy) is 2. The summed E-state index contributed by atoms with van der Waals surface area (Å²) in [4.78, 5) is 12.0. The zero-order chi connectivity index (χ0) is 12.4. The van der Waals surface area contributed by atoms with Crippen molar-refractivity contribution < 1.29 is 14.3 Å². The second kappa shape index (κ2) is 4.88. The van der Waals surface area contributed by atoms with Crippen molar-refractivity contribution >= 4 is 11.7 Å². The molecule has 1 atom stereocenters. The summed E-state index contributed by atoms with van der Waals surface area (Å²) < 4.78 is 11.1. The van der Waals surface area contributed by atoms with Gasteiger partial charge >= 0.3 is 5.97 Å². The summed E-state index contributed by atoms with van der Waals surface area (Å²) in [6.07, 6.45) is 3.86. The fourth-order valence-corrected chi connectivity index (χ4v) is 2.49. The highest BCUT2D eigenvalue weighted by Crippen LogP contribution is 2.29. The van der Waals surface area contributed by atoms with Gasteiger partial charge in [0.15, 0.2) is 0 Å². The molecule has 1 heterocycles. The Labute approximate surface area is 106 Å². The van der Waals surface area contributed by atoms with Crippen LogP contribution < -0.4 is 10.1 Å². The summed E-state index contributed by atoms with van der Waals surface area (Å²) in [6, 6.07) is 7.63. The van der Waals surface area contributed by atoms with Crippen LogP contribution in [0.3, 0.4) is 0 Å². The zero-order valence-corrected chi connectivity index (χ0v) is 10.2. The lowest BCUT2D eigenvalue weighted by atomic mass is 10.2. The molecule has 0 amide bonds. The van der Waals surface area contributed by atoms with Crippen molar-refractivity contribution in [2.45, 2.75) is 37.9 Å². The molecule has 1 saturated carbocycles. The van der Waals surface area contributed by atoms with E-state index in [1.54, 1.807) is 0 Å². The van der Waals surface area contributed by atoms with Crippen LogP contribution in [0.2, 0.25) is 0 Å². The van der Waals surface area contributed by atoms with Gasteiger partial charge in [0.1, 0.15) is 11.9 Å². The van der Waals surface area contributed by atoms with E-state index in [9.17, 15) is 4.79 Å². The smallest absolute Gasteiger partial charge is 0.349 e. The number of carbonyl (C=O) groups excluding carboxylic acids is 1. The van der Waals surface area contributed by atoms with E-state index in [2.05, 4.69) is 5.32 Å². The van der Waals surface area contributed by atoms with Crippen LogP contribution >= 0.6 is 0 Å². The zero-order valence-electron chi connectivity index (χ0n) is 10.2. The van der Waals surface area contributed by atoms with Gasteiger partial charge in [-0.1, -0.05) is 12.1 Å². The van der Waals surface area contributed by atoms with Gasteiger partial charge in [-0.25, -0.2) is 4.79 Å². The molecule has 1 N–H and O–H groups in total. The van der Waals surface area contributed by atoms with Crippen molar-refractivity contribution in [3.8, 4) is 5.75 Å². The van der Waals surface area contributed by atoms with Gasteiger partial charge < -0.3 is 14.8 Å². The molecule has 1 aromatic carbocycles. The summed E-state index contributed by atoms with van der Waals surface area (Å²) in [5.41, 5.74) is 0.933. The standard InChI is InChI=1S/C14H17NO3/c16-14(17-10-5-1-2-6-10)13-9-15-11-7-3-4-8-12(11)18-13/h3-4,7-8,10,13,15H,1-2,5-6,9H2. The fourth-order valence-electron chi connectivity index (χ4n) is 2.49. The van der Waals surface area contributed by atoms with Crippen molar-refractivity contribution in [1.29, 1.82) is 0 Å². The second-order valence-electron chi connectivity index (χ2n) is 4.83. The minimum atomic E-state index is -0.527. The minimum Gasteiger partial charge on any atom is -0.475 e. The van der Waals surface area contributed by atoms with Crippen LogP contribution in [0.15, 0.2) is 24.3 Å². The lowest BCUT2D eigenvalue weighted by Crippen LogP contribution is -2.40. The van der Waals surface area contributed by atoms with Gasteiger partial charge in [-0.2, -0.15) is 0 Å². The Morgan fingerprint density at radius 3 is 2.89 bits per heavy atom. The van der Waals surface area contributed by atoms with Gasteiger partial charge in [-0.15, -0.1) is 0 Å².